The van der Waals surface area contributed by atoms with Crippen LogP contribution in [0.1, 0.15) is 17.5 Å². The predicted octanol–water partition coefficient (Wildman–Crippen LogP) is 3.92. The van der Waals surface area contributed by atoms with Gasteiger partial charge in [0.2, 0.25) is 11.8 Å². The molecule has 2 aromatic carbocycles. The fraction of sp³-hybridized carbons (Fsp3) is 0.176. The van der Waals surface area contributed by atoms with Crippen LogP contribution in [0.25, 0.3) is 0 Å². The van der Waals surface area contributed by atoms with E-state index in [-0.39, 0.29) is 18.2 Å². The predicted molar refractivity (Wildman–Crippen MR) is 89.2 cm³/mol. The number of halogens is 1. The summed E-state index contributed by atoms with van der Waals surface area (Å²) in [6.45, 7) is 3.91. The zero-order valence-corrected chi connectivity index (χ0v) is 13.2. The van der Waals surface area contributed by atoms with Crippen molar-refractivity contribution in [3.63, 3.8) is 0 Å². The molecule has 0 saturated heterocycles. The molecule has 0 bridgehead atoms. The van der Waals surface area contributed by atoms with Gasteiger partial charge >= 0.3 is 0 Å². The molecule has 0 heterocycles. The fourth-order valence-corrected chi connectivity index (χ4v) is 2.26. The second kappa shape index (κ2) is 7.09. The number of benzene rings is 2. The molecule has 0 unspecified atom stereocenters. The zero-order chi connectivity index (χ0) is 16.1. The monoisotopic (exact) mass is 316 g/mol. The van der Waals surface area contributed by atoms with Crippen molar-refractivity contribution in [3.05, 3.63) is 58.6 Å². The number of anilines is 2. The summed E-state index contributed by atoms with van der Waals surface area (Å²) in [5.74, 6) is -0.722. The van der Waals surface area contributed by atoms with Crippen molar-refractivity contribution in [1.29, 1.82) is 0 Å². The van der Waals surface area contributed by atoms with Crippen LogP contribution in [-0.2, 0) is 9.59 Å². The lowest BCUT2D eigenvalue weighted by Gasteiger charge is -2.08. The van der Waals surface area contributed by atoms with Crippen molar-refractivity contribution in [2.75, 3.05) is 10.6 Å². The number of hydrogen-bond donors (Lipinski definition) is 2. The lowest BCUT2D eigenvalue weighted by atomic mass is 10.1. The topological polar surface area (TPSA) is 58.2 Å². The third kappa shape index (κ3) is 4.90. The number of rotatable bonds is 4. The lowest BCUT2D eigenvalue weighted by molar-refractivity contribution is -0.123. The lowest BCUT2D eigenvalue weighted by Crippen LogP contribution is -2.21. The average molecular weight is 317 g/mol. The average Bonchev–Trinajstić information content (AvgIpc) is 2.39. The van der Waals surface area contributed by atoms with Crippen molar-refractivity contribution in [3.8, 4) is 0 Å². The highest BCUT2D eigenvalue weighted by Gasteiger charge is 2.10. The first-order valence-corrected chi connectivity index (χ1v) is 7.24. The zero-order valence-electron chi connectivity index (χ0n) is 12.4. The van der Waals surface area contributed by atoms with Gasteiger partial charge in [-0.05, 0) is 61.4 Å². The maximum absolute atomic E-state index is 11.9. The van der Waals surface area contributed by atoms with Crippen LogP contribution in [0.5, 0.6) is 0 Å². The van der Waals surface area contributed by atoms with E-state index in [0.717, 1.165) is 11.1 Å². The highest BCUT2D eigenvalue weighted by atomic mass is 35.5. The summed E-state index contributed by atoms with van der Waals surface area (Å²) in [5, 5.41) is 5.97. The third-order valence-electron chi connectivity index (χ3n) is 2.95. The van der Waals surface area contributed by atoms with Gasteiger partial charge in [0.05, 0.1) is 0 Å². The number of carbonyl (C=O) groups excluding carboxylic acids is 2. The van der Waals surface area contributed by atoms with Crippen LogP contribution < -0.4 is 10.6 Å². The molecular weight excluding hydrogens is 300 g/mol. The minimum Gasteiger partial charge on any atom is -0.326 e. The molecule has 0 saturated carbocycles. The van der Waals surface area contributed by atoms with Gasteiger partial charge in [-0.2, -0.15) is 0 Å². The molecule has 114 valence electrons. The summed E-state index contributed by atoms with van der Waals surface area (Å²) in [4.78, 5) is 23.7. The second-order valence-corrected chi connectivity index (χ2v) is 5.59. The van der Waals surface area contributed by atoms with Crippen molar-refractivity contribution >= 4 is 34.8 Å². The van der Waals surface area contributed by atoms with E-state index in [0.29, 0.717) is 16.4 Å². The Balaban J connectivity index is 1.91. The summed E-state index contributed by atoms with van der Waals surface area (Å²) in [7, 11) is 0. The first-order valence-electron chi connectivity index (χ1n) is 6.86. The molecule has 0 spiro atoms. The van der Waals surface area contributed by atoms with E-state index in [4.69, 9.17) is 11.6 Å². The molecule has 2 rings (SSSR count). The Kier molecular flexibility index (Phi) is 5.17. The Labute approximate surface area is 134 Å². The molecule has 2 amide bonds. The summed E-state index contributed by atoms with van der Waals surface area (Å²) in [6.07, 6.45) is -0.240. The van der Waals surface area contributed by atoms with Crippen molar-refractivity contribution in [1.82, 2.24) is 0 Å². The largest absolute Gasteiger partial charge is 0.326 e. The van der Waals surface area contributed by atoms with E-state index in [1.165, 1.54) is 0 Å². The van der Waals surface area contributed by atoms with Crippen LogP contribution in [0, 0.1) is 13.8 Å². The highest BCUT2D eigenvalue weighted by Crippen LogP contribution is 2.15. The number of carbonyl (C=O) groups is 2. The van der Waals surface area contributed by atoms with Gasteiger partial charge in [-0.25, -0.2) is 0 Å². The van der Waals surface area contributed by atoms with Crippen LogP contribution in [0.3, 0.4) is 0 Å². The smallest absolute Gasteiger partial charge is 0.233 e. The Morgan fingerprint density at radius 1 is 0.864 bits per heavy atom. The van der Waals surface area contributed by atoms with Crippen molar-refractivity contribution < 1.29 is 9.59 Å². The van der Waals surface area contributed by atoms with Crippen LogP contribution >= 0.6 is 11.6 Å². The van der Waals surface area contributed by atoms with Crippen molar-refractivity contribution in [2.45, 2.75) is 20.3 Å². The molecular formula is C17H17ClN2O2. The van der Waals surface area contributed by atoms with Crippen LogP contribution in [0.2, 0.25) is 5.02 Å². The summed E-state index contributed by atoms with van der Waals surface area (Å²) >= 11 is 5.77. The first-order chi connectivity index (χ1) is 10.4. The van der Waals surface area contributed by atoms with Crippen LogP contribution in [0.15, 0.2) is 42.5 Å². The number of hydrogen-bond acceptors (Lipinski definition) is 2. The van der Waals surface area contributed by atoms with Gasteiger partial charge in [0.15, 0.2) is 0 Å². The van der Waals surface area contributed by atoms with Gasteiger partial charge in [-0.15, -0.1) is 0 Å². The molecule has 0 aliphatic heterocycles. The normalized spacial score (nSPS) is 10.1. The molecule has 0 radical (unpaired) electrons. The maximum Gasteiger partial charge on any atom is 0.233 e. The molecule has 0 aliphatic rings. The first kappa shape index (κ1) is 16.0. The van der Waals surface area contributed by atoms with E-state index in [2.05, 4.69) is 10.6 Å². The molecule has 2 N–H and O–H groups in total. The SMILES string of the molecule is Cc1cc(C)cc(NC(=O)CC(=O)Nc2ccc(Cl)cc2)c1. The van der Waals surface area contributed by atoms with Gasteiger partial charge in [-0.3, -0.25) is 9.59 Å². The number of nitrogens with one attached hydrogen (secondary N) is 2. The number of amides is 2. The van der Waals surface area contributed by atoms with E-state index >= 15 is 0 Å². The Morgan fingerprint density at radius 2 is 1.36 bits per heavy atom. The molecule has 0 aliphatic carbocycles. The molecule has 4 nitrogen and oxygen atoms in total. The van der Waals surface area contributed by atoms with E-state index in [9.17, 15) is 9.59 Å². The number of aryl methyl sites for hydroxylation is 2. The molecule has 22 heavy (non-hydrogen) atoms. The molecule has 0 atom stereocenters. The maximum atomic E-state index is 11.9. The van der Waals surface area contributed by atoms with Gasteiger partial charge in [0, 0.05) is 16.4 Å². The minimum atomic E-state index is -0.371. The quantitative estimate of drug-likeness (QED) is 0.840. The van der Waals surface area contributed by atoms with Crippen LogP contribution in [0.4, 0.5) is 11.4 Å². The Hall–Kier alpha value is -2.33. The van der Waals surface area contributed by atoms with Gasteiger partial charge in [0.1, 0.15) is 6.42 Å². The standard InChI is InChI=1S/C17H17ClN2O2/c1-11-7-12(2)9-15(8-11)20-17(22)10-16(21)19-14-5-3-13(18)4-6-14/h3-9H,10H2,1-2H3,(H,19,21)(H,20,22). The second-order valence-electron chi connectivity index (χ2n) is 5.16. The molecule has 0 aromatic heterocycles. The van der Waals surface area contributed by atoms with Crippen LogP contribution in [-0.4, -0.2) is 11.8 Å². The van der Waals surface area contributed by atoms with E-state index < -0.39 is 0 Å². The van der Waals surface area contributed by atoms with Gasteiger partial charge in [0.25, 0.3) is 0 Å². The fourth-order valence-electron chi connectivity index (χ4n) is 2.14. The van der Waals surface area contributed by atoms with Gasteiger partial charge in [-0.1, -0.05) is 17.7 Å². The van der Waals surface area contributed by atoms with E-state index in [1.54, 1.807) is 24.3 Å². The molecule has 2 aromatic rings. The molecule has 5 heteroatoms. The summed E-state index contributed by atoms with van der Waals surface area (Å²) in [5.41, 5.74) is 3.41. The molecule has 0 fully saturated rings. The Bertz CT molecular complexity index is 676. The minimum absolute atomic E-state index is 0.240. The third-order valence-corrected chi connectivity index (χ3v) is 3.21. The highest BCUT2D eigenvalue weighted by molar-refractivity contribution is 6.30. The Morgan fingerprint density at radius 3 is 1.91 bits per heavy atom. The summed E-state index contributed by atoms with van der Waals surface area (Å²) in [6, 6.07) is 12.5. The summed E-state index contributed by atoms with van der Waals surface area (Å²) < 4.78 is 0. The van der Waals surface area contributed by atoms with E-state index in [1.807, 2.05) is 32.0 Å². The van der Waals surface area contributed by atoms with Crippen molar-refractivity contribution in [2.24, 2.45) is 0 Å². The van der Waals surface area contributed by atoms with Gasteiger partial charge < -0.3 is 10.6 Å².